The third-order valence-electron chi connectivity index (χ3n) is 2.87. The van der Waals surface area contributed by atoms with E-state index in [1.165, 1.54) is 5.56 Å². The van der Waals surface area contributed by atoms with Crippen LogP contribution in [-0.2, 0) is 17.6 Å². The number of hydrogen-bond donors (Lipinski definition) is 0. The summed E-state index contributed by atoms with van der Waals surface area (Å²) in [5, 5.41) is 1.10. The first-order chi connectivity index (χ1) is 6.84. The lowest BCUT2D eigenvalue weighted by Gasteiger charge is -2.14. The van der Waals surface area contributed by atoms with Crippen molar-refractivity contribution in [2.45, 2.75) is 19.3 Å². The molecule has 70 valence electrons. The Kier molecular flexibility index (Phi) is 1.51. The number of carbonyl (C=O) groups is 1. The lowest BCUT2D eigenvalue weighted by atomic mass is 9.90. The van der Waals surface area contributed by atoms with Gasteiger partial charge in [0.05, 0.1) is 6.26 Å². The average Bonchev–Trinajstić information content (AvgIpc) is 2.65. The normalized spacial score (nSPS) is 15.9. The molecule has 0 N–H and O–H groups in total. The SMILES string of the molecule is O=C1CCc2ccc3ccoc3c2C1. The molecule has 1 aromatic heterocycles. The van der Waals surface area contributed by atoms with Crippen LogP contribution in [0.25, 0.3) is 11.0 Å². The molecule has 0 aliphatic heterocycles. The summed E-state index contributed by atoms with van der Waals surface area (Å²) in [7, 11) is 0. The van der Waals surface area contributed by atoms with Gasteiger partial charge in [-0.2, -0.15) is 0 Å². The lowest BCUT2D eigenvalue weighted by molar-refractivity contribution is -0.118. The van der Waals surface area contributed by atoms with E-state index in [-0.39, 0.29) is 0 Å². The number of rotatable bonds is 0. The van der Waals surface area contributed by atoms with Crippen molar-refractivity contribution in [3.63, 3.8) is 0 Å². The molecule has 1 aliphatic carbocycles. The average molecular weight is 186 g/mol. The Balaban J connectivity index is 2.31. The van der Waals surface area contributed by atoms with Gasteiger partial charge in [0, 0.05) is 23.8 Å². The highest BCUT2D eigenvalue weighted by Gasteiger charge is 2.18. The molecule has 0 saturated heterocycles. The number of Topliss-reactive ketones (excluding diaryl/α,β-unsaturated/α-hetero) is 1. The number of carbonyl (C=O) groups excluding carboxylic acids is 1. The van der Waals surface area contributed by atoms with E-state index >= 15 is 0 Å². The Morgan fingerprint density at radius 1 is 1.14 bits per heavy atom. The van der Waals surface area contributed by atoms with Crippen LogP contribution in [0.5, 0.6) is 0 Å². The first kappa shape index (κ1) is 7.80. The van der Waals surface area contributed by atoms with E-state index < -0.39 is 0 Å². The van der Waals surface area contributed by atoms with Crippen LogP contribution in [0.4, 0.5) is 0 Å². The molecule has 1 heterocycles. The zero-order valence-electron chi connectivity index (χ0n) is 7.75. The second-order valence-corrected chi connectivity index (χ2v) is 3.76. The van der Waals surface area contributed by atoms with Gasteiger partial charge in [-0.25, -0.2) is 0 Å². The van der Waals surface area contributed by atoms with Crippen LogP contribution in [-0.4, -0.2) is 5.78 Å². The van der Waals surface area contributed by atoms with E-state index in [9.17, 15) is 4.79 Å². The molecule has 3 rings (SSSR count). The molecule has 0 saturated carbocycles. The number of hydrogen-bond acceptors (Lipinski definition) is 2. The van der Waals surface area contributed by atoms with Crippen molar-refractivity contribution < 1.29 is 9.21 Å². The fraction of sp³-hybridized carbons (Fsp3) is 0.250. The fourth-order valence-electron chi connectivity index (χ4n) is 2.12. The summed E-state index contributed by atoms with van der Waals surface area (Å²) in [6, 6.07) is 6.11. The predicted molar refractivity (Wildman–Crippen MR) is 53.2 cm³/mol. The van der Waals surface area contributed by atoms with Crippen molar-refractivity contribution >= 4 is 16.8 Å². The van der Waals surface area contributed by atoms with Crippen LogP contribution in [0.2, 0.25) is 0 Å². The maximum absolute atomic E-state index is 11.3. The van der Waals surface area contributed by atoms with Gasteiger partial charge in [-0.1, -0.05) is 12.1 Å². The smallest absolute Gasteiger partial charge is 0.137 e. The topological polar surface area (TPSA) is 30.2 Å². The van der Waals surface area contributed by atoms with Gasteiger partial charge in [0.25, 0.3) is 0 Å². The number of fused-ring (bicyclic) bond motifs is 3. The molecule has 1 aromatic carbocycles. The second-order valence-electron chi connectivity index (χ2n) is 3.76. The first-order valence-electron chi connectivity index (χ1n) is 4.84. The van der Waals surface area contributed by atoms with Gasteiger partial charge in [-0.15, -0.1) is 0 Å². The van der Waals surface area contributed by atoms with E-state index in [4.69, 9.17) is 4.42 Å². The molecule has 2 nitrogen and oxygen atoms in total. The largest absolute Gasteiger partial charge is 0.464 e. The minimum Gasteiger partial charge on any atom is -0.464 e. The molecule has 1 aliphatic rings. The van der Waals surface area contributed by atoms with Crippen molar-refractivity contribution in [1.82, 2.24) is 0 Å². The third kappa shape index (κ3) is 1.00. The van der Waals surface area contributed by atoms with Crippen LogP contribution < -0.4 is 0 Å². The number of aryl methyl sites for hydroxylation is 1. The Morgan fingerprint density at radius 2 is 2.07 bits per heavy atom. The van der Waals surface area contributed by atoms with Crippen molar-refractivity contribution in [3.8, 4) is 0 Å². The fourth-order valence-corrected chi connectivity index (χ4v) is 2.12. The monoisotopic (exact) mass is 186 g/mol. The standard InChI is InChI=1S/C12H10O2/c13-10-4-3-8-1-2-9-5-6-14-12(9)11(8)7-10/h1-2,5-6H,3-4,7H2. The first-order valence-corrected chi connectivity index (χ1v) is 4.84. The molecule has 0 amide bonds. The molecular weight excluding hydrogens is 176 g/mol. The Hall–Kier alpha value is -1.57. The zero-order valence-corrected chi connectivity index (χ0v) is 7.75. The lowest BCUT2D eigenvalue weighted by Crippen LogP contribution is -2.13. The minimum atomic E-state index is 0.321. The van der Waals surface area contributed by atoms with Crippen LogP contribution in [0.15, 0.2) is 28.9 Å². The Bertz CT molecular complexity index is 508. The van der Waals surface area contributed by atoms with E-state index in [2.05, 4.69) is 12.1 Å². The van der Waals surface area contributed by atoms with E-state index in [0.29, 0.717) is 18.6 Å². The molecule has 0 fully saturated rings. The number of benzene rings is 1. The number of ketones is 1. The van der Waals surface area contributed by atoms with E-state index in [1.807, 2.05) is 6.07 Å². The van der Waals surface area contributed by atoms with Gasteiger partial charge >= 0.3 is 0 Å². The van der Waals surface area contributed by atoms with E-state index in [0.717, 1.165) is 23.0 Å². The summed E-state index contributed by atoms with van der Waals surface area (Å²) in [4.78, 5) is 11.3. The van der Waals surface area contributed by atoms with Gasteiger partial charge in [-0.3, -0.25) is 4.79 Å². The van der Waals surface area contributed by atoms with Gasteiger partial charge < -0.3 is 4.42 Å². The molecule has 0 atom stereocenters. The third-order valence-corrected chi connectivity index (χ3v) is 2.87. The second kappa shape index (κ2) is 2.71. The minimum absolute atomic E-state index is 0.321. The Labute approximate surface area is 81.5 Å². The summed E-state index contributed by atoms with van der Waals surface area (Å²) < 4.78 is 5.41. The van der Waals surface area contributed by atoms with Gasteiger partial charge in [0.15, 0.2) is 0 Å². The molecule has 0 unspecified atom stereocenters. The molecular formula is C12H10O2. The molecule has 0 bridgehead atoms. The maximum atomic E-state index is 11.3. The summed E-state index contributed by atoms with van der Waals surface area (Å²) in [5.74, 6) is 0.321. The van der Waals surface area contributed by atoms with Crippen LogP contribution in [0, 0.1) is 0 Å². The van der Waals surface area contributed by atoms with Crippen molar-refractivity contribution in [1.29, 1.82) is 0 Å². The molecule has 0 spiro atoms. The molecule has 2 heteroatoms. The van der Waals surface area contributed by atoms with Gasteiger partial charge in [0.2, 0.25) is 0 Å². The van der Waals surface area contributed by atoms with E-state index in [1.54, 1.807) is 6.26 Å². The molecule has 2 aromatic rings. The van der Waals surface area contributed by atoms with Crippen molar-refractivity contribution in [2.24, 2.45) is 0 Å². The van der Waals surface area contributed by atoms with Gasteiger partial charge in [0.1, 0.15) is 11.4 Å². The highest BCUT2D eigenvalue weighted by atomic mass is 16.3. The summed E-state index contributed by atoms with van der Waals surface area (Å²) in [6.07, 6.45) is 3.77. The summed E-state index contributed by atoms with van der Waals surface area (Å²) in [6.45, 7) is 0. The van der Waals surface area contributed by atoms with Crippen LogP contribution >= 0.6 is 0 Å². The molecule has 14 heavy (non-hydrogen) atoms. The summed E-state index contributed by atoms with van der Waals surface area (Å²) >= 11 is 0. The summed E-state index contributed by atoms with van der Waals surface area (Å²) in [5.41, 5.74) is 3.27. The van der Waals surface area contributed by atoms with Gasteiger partial charge in [-0.05, 0) is 18.1 Å². The molecule has 0 radical (unpaired) electrons. The maximum Gasteiger partial charge on any atom is 0.137 e. The highest BCUT2D eigenvalue weighted by molar-refractivity contribution is 5.90. The predicted octanol–water partition coefficient (Wildman–Crippen LogP) is 2.49. The van der Waals surface area contributed by atoms with Crippen LogP contribution in [0.3, 0.4) is 0 Å². The highest BCUT2D eigenvalue weighted by Crippen LogP contribution is 2.28. The number of furan rings is 1. The Morgan fingerprint density at radius 3 is 3.00 bits per heavy atom. The van der Waals surface area contributed by atoms with Crippen LogP contribution in [0.1, 0.15) is 17.5 Å². The zero-order chi connectivity index (χ0) is 9.54. The van der Waals surface area contributed by atoms with Crippen molar-refractivity contribution in [2.75, 3.05) is 0 Å². The quantitative estimate of drug-likeness (QED) is 0.632. The van der Waals surface area contributed by atoms with Crippen molar-refractivity contribution in [3.05, 3.63) is 35.6 Å².